The predicted octanol–water partition coefficient (Wildman–Crippen LogP) is 2.94. The number of nitrogens with one attached hydrogen (secondary N) is 1. The Morgan fingerprint density at radius 3 is 2.37 bits per heavy atom. The van der Waals surface area contributed by atoms with Gasteiger partial charge in [0.2, 0.25) is 0 Å². The van der Waals surface area contributed by atoms with E-state index in [1.54, 1.807) is 0 Å². The van der Waals surface area contributed by atoms with E-state index in [-0.39, 0.29) is 0 Å². The van der Waals surface area contributed by atoms with Crippen LogP contribution in [0.2, 0.25) is 0 Å². The van der Waals surface area contributed by atoms with E-state index in [1.807, 2.05) is 31.2 Å². The summed E-state index contributed by atoms with van der Waals surface area (Å²) in [6, 6.07) is 7.97. The van der Waals surface area contributed by atoms with Crippen LogP contribution in [0.25, 0.3) is 0 Å². The Labute approximate surface area is 115 Å². The summed E-state index contributed by atoms with van der Waals surface area (Å²) in [6.07, 6.45) is 3.98. The first-order valence-corrected chi connectivity index (χ1v) is 7.20. The molecule has 1 aliphatic carbocycles. The first-order chi connectivity index (χ1) is 9.12. The van der Waals surface area contributed by atoms with Crippen LogP contribution >= 0.6 is 0 Å². The van der Waals surface area contributed by atoms with Gasteiger partial charge in [-0.3, -0.25) is 5.32 Å². The highest BCUT2D eigenvalue weighted by molar-refractivity contribution is 5.80. The van der Waals surface area contributed by atoms with Crippen molar-refractivity contribution < 1.29 is 9.90 Å². The van der Waals surface area contributed by atoms with E-state index in [9.17, 15) is 9.90 Å². The number of rotatable bonds is 7. The van der Waals surface area contributed by atoms with Crippen LogP contribution in [0.3, 0.4) is 0 Å². The van der Waals surface area contributed by atoms with Crippen molar-refractivity contribution in [3.8, 4) is 0 Å². The van der Waals surface area contributed by atoms with Gasteiger partial charge in [0.15, 0.2) is 0 Å². The molecule has 0 spiro atoms. The Bertz CT molecular complexity index is 437. The summed E-state index contributed by atoms with van der Waals surface area (Å²) >= 11 is 0. The van der Waals surface area contributed by atoms with Gasteiger partial charge in [0.25, 0.3) is 0 Å². The Morgan fingerprint density at radius 2 is 1.95 bits per heavy atom. The largest absolute Gasteiger partial charge is 0.480 e. The van der Waals surface area contributed by atoms with Gasteiger partial charge in [0.05, 0.1) is 0 Å². The molecule has 2 rings (SSSR count). The van der Waals surface area contributed by atoms with Crippen molar-refractivity contribution in [2.75, 3.05) is 6.54 Å². The smallest absolute Gasteiger partial charge is 0.328 e. The topological polar surface area (TPSA) is 49.3 Å². The lowest BCUT2D eigenvalue weighted by Gasteiger charge is -2.30. The first kappa shape index (κ1) is 14.1. The minimum atomic E-state index is -0.936. The fourth-order valence-corrected chi connectivity index (χ4v) is 2.45. The quantitative estimate of drug-likeness (QED) is 0.793. The van der Waals surface area contributed by atoms with E-state index >= 15 is 0 Å². The minimum Gasteiger partial charge on any atom is -0.480 e. The summed E-state index contributed by atoms with van der Waals surface area (Å²) in [4.78, 5) is 11.8. The standard InChI is InChI=1S/C16H23NO2/c1-3-12-7-9-14(10-8-12)16(4-2,15(18)19)17-11-13-5-6-13/h7-10,13,17H,3-6,11H2,1-2H3,(H,18,19). The Kier molecular flexibility index (Phi) is 4.25. The van der Waals surface area contributed by atoms with E-state index in [1.165, 1.54) is 18.4 Å². The maximum atomic E-state index is 11.8. The van der Waals surface area contributed by atoms with Gasteiger partial charge in [-0.2, -0.15) is 0 Å². The van der Waals surface area contributed by atoms with Crippen LogP contribution in [0, 0.1) is 5.92 Å². The lowest BCUT2D eigenvalue weighted by atomic mass is 9.86. The number of aryl methyl sites for hydroxylation is 1. The monoisotopic (exact) mass is 261 g/mol. The molecule has 0 bridgehead atoms. The van der Waals surface area contributed by atoms with E-state index < -0.39 is 11.5 Å². The molecule has 0 aromatic heterocycles. The van der Waals surface area contributed by atoms with Crippen LogP contribution in [0.1, 0.15) is 44.2 Å². The molecule has 1 saturated carbocycles. The van der Waals surface area contributed by atoms with Gasteiger partial charge in [-0.15, -0.1) is 0 Å². The molecule has 1 aliphatic rings. The molecule has 104 valence electrons. The minimum absolute atomic E-state index is 0.556. The molecule has 0 aliphatic heterocycles. The molecule has 2 N–H and O–H groups in total. The summed E-state index contributed by atoms with van der Waals surface area (Å²) in [6.45, 7) is 4.84. The highest BCUT2D eigenvalue weighted by Gasteiger charge is 2.39. The molecule has 3 heteroatoms. The normalized spacial score (nSPS) is 18.0. The molecular weight excluding hydrogens is 238 g/mol. The summed E-state index contributed by atoms with van der Waals surface area (Å²) in [7, 11) is 0. The van der Waals surface area contributed by atoms with Crippen LogP contribution in [-0.2, 0) is 16.8 Å². The van der Waals surface area contributed by atoms with Crippen molar-refractivity contribution >= 4 is 5.97 Å². The summed E-state index contributed by atoms with van der Waals surface area (Å²) in [5, 5.41) is 13.0. The van der Waals surface area contributed by atoms with E-state index in [2.05, 4.69) is 12.2 Å². The molecule has 1 aromatic rings. The molecular formula is C16H23NO2. The van der Waals surface area contributed by atoms with Crippen LogP contribution in [0.4, 0.5) is 0 Å². The third kappa shape index (κ3) is 2.98. The molecule has 0 radical (unpaired) electrons. The average Bonchev–Trinajstić information content (AvgIpc) is 3.24. The Morgan fingerprint density at radius 1 is 1.32 bits per heavy atom. The van der Waals surface area contributed by atoms with Crippen molar-refractivity contribution in [3.05, 3.63) is 35.4 Å². The van der Waals surface area contributed by atoms with Gasteiger partial charge in [-0.1, -0.05) is 38.1 Å². The summed E-state index contributed by atoms with van der Waals surface area (Å²) < 4.78 is 0. The van der Waals surface area contributed by atoms with Crippen molar-refractivity contribution in [1.29, 1.82) is 0 Å². The van der Waals surface area contributed by atoms with Crippen LogP contribution < -0.4 is 5.32 Å². The van der Waals surface area contributed by atoms with Gasteiger partial charge in [0, 0.05) is 0 Å². The zero-order valence-corrected chi connectivity index (χ0v) is 11.8. The molecule has 1 atom stereocenters. The molecule has 0 heterocycles. The second-order valence-corrected chi connectivity index (χ2v) is 5.44. The van der Waals surface area contributed by atoms with E-state index in [4.69, 9.17) is 0 Å². The maximum absolute atomic E-state index is 11.8. The Hall–Kier alpha value is -1.35. The fraction of sp³-hybridized carbons (Fsp3) is 0.562. The number of hydrogen-bond donors (Lipinski definition) is 2. The van der Waals surface area contributed by atoms with Crippen LogP contribution in [0.15, 0.2) is 24.3 Å². The number of aliphatic carboxylic acids is 1. The Balaban J connectivity index is 2.25. The third-order valence-corrected chi connectivity index (χ3v) is 4.14. The fourth-order valence-electron chi connectivity index (χ4n) is 2.45. The number of carbonyl (C=O) groups is 1. The molecule has 19 heavy (non-hydrogen) atoms. The van der Waals surface area contributed by atoms with Gasteiger partial charge in [0.1, 0.15) is 5.54 Å². The second-order valence-electron chi connectivity index (χ2n) is 5.44. The van der Waals surface area contributed by atoms with E-state index in [0.29, 0.717) is 12.3 Å². The SMILES string of the molecule is CCc1ccc(C(CC)(NCC2CC2)C(=O)O)cc1. The van der Waals surface area contributed by atoms with Gasteiger partial charge >= 0.3 is 5.97 Å². The number of carboxylic acid groups (broad SMARTS) is 1. The molecule has 0 saturated heterocycles. The zero-order valence-electron chi connectivity index (χ0n) is 11.8. The van der Waals surface area contributed by atoms with Crippen molar-refractivity contribution in [2.45, 2.75) is 45.1 Å². The maximum Gasteiger partial charge on any atom is 0.328 e. The van der Waals surface area contributed by atoms with Crippen molar-refractivity contribution in [2.24, 2.45) is 5.92 Å². The molecule has 3 nitrogen and oxygen atoms in total. The first-order valence-electron chi connectivity index (χ1n) is 7.20. The zero-order chi connectivity index (χ0) is 13.9. The highest BCUT2D eigenvalue weighted by Crippen LogP contribution is 2.31. The molecule has 1 aromatic carbocycles. The van der Waals surface area contributed by atoms with E-state index in [0.717, 1.165) is 18.5 Å². The molecule has 1 fully saturated rings. The number of carboxylic acids is 1. The van der Waals surface area contributed by atoms with Gasteiger partial charge < -0.3 is 5.11 Å². The van der Waals surface area contributed by atoms with Gasteiger partial charge in [-0.25, -0.2) is 4.79 Å². The predicted molar refractivity (Wildman–Crippen MR) is 76.2 cm³/mol. The molecule has 1 unspecified atom stereocenters. The number of hydrogen-bond acceptors (Lipinski definition) is 2. The number of benzene rings is 1. The van der Waals surface area contributed by atoms with Crippen LogP contribution in [0.5, 0.6) is 0 Å². The highest BCUT2D eigenvalue weighted by atomic mass is 16.4. The lowest BCUT2D eigenvalue weighted by molar-refractivity contribution is -0.145. The van der Waals surface area contributed by atoms with Crippen LogP contribution in [-0.4, -0.2) is 17.6 Å². The molecule has 0 amide bonds. The van der Waals surface area contributed by atoms with Gasteiger partial charge in [-0.05, 0) is 49.3 Å². The van der Waals surface area contributed by atoms with Crippen molar-refractivity contribution in [3.63, 3.8) is 0 Å². The second kappa shape index (κ2) is 5.74. The third-order valence-electron chi connectivity index (χ3n) is 4.14. The summed E-state index contributed by atoms with van der Waals surface area (Å²) in [5.74, 6) is -0.111. The van der Waals surface area contributed by atoms with Crippen molar-refractivity contribution in [1.82, 2.24) is 5.32 Å². The summed E-state index contributed by atoms with van der Waals surface area (Å²) in [5.41, 5.74) is 1.16. The lowest BCUT2D eigenvalue weighted by Crippen LogP contribution is -2.49. The average molecular weight is 261 g/mol.